The monoisotopic (exact) mass is 243 g/mol. The van der Waals surface area contributed by atoms with Crippen molar-refractivity contribution in [3.63, 3.8) is 0 Å². The fourth-order valence-electron chi connectivity index (χ4n) is 1.77. The summed E-state index contributed by atoms with van der Waals surface area (Å²) in [6.45, 7) is 6.65. The molecular weight excluding hydrogens is 226 g/mol. The van der Waals surface area contributed by atoms with Crippen LogP contribution >= 0.6 is 0 Å². The second-order valence-corrected chi connectivity index (χ2v) is 4.46. The third kappa shape index (κ3) is 3.00. The van der Waals surface area contributed by atoms with Crippen molar-refractivity contribution in [2.45, 2.75) is 19.9 Å². The zero-order valence-corrected chi connectivity index (χ0v) is 10.6. The van der Waals surface area contributed by atoms with Crippen LogP contribution in [0, 0.1) is 0 Å². The van der Waals surface area contributed by atoms with Crippen molar-refractivity contribution in [3.8, 4) is 0 Å². The molecule has 1 aliphatic heterocycles. The maximum absolute atomic E-state index is 11.8. The van der Waals surface area contributed by atoms with Gasteiger partial charge in [0.2, 0.25) is 0 Å². The van der Waals surface area contributed by atoms with Crippen molar-refractivity contribution in [2.75, 3.05) is 6.61 Å². The molecule has 1 aromatic rings. The molecule has 0 N–H and O–H groups in total. The Morgan fingerprint density at radius 2 is 2.22 bits per heavy atom. The number of amides is 1. The first-order valence-corrected chi connectivity index (χ1v) is 6.00. The van der Waals surface area contributed by atoms with E-state index in [1.165, 1.54) is 0 Å². The van der Waals surface area contributed by atoms with Crippen LogP contribution in [0.3, 0.4) is 0 Å². The minimum Gasteiger partial charge on any atom is -0.449 e. The summed E-state index contributed by atoms with van der Waals surface area (Å²) in [5.41, 5.74) is 3.31. The van der Waals surface area contributed by atoms with Gasteiger partial charge in [-0.1, -0.05) is 29.8 Å². The molecule has 0 spiro atoms. The van der Waals surface area contributed by atoms with Crippen LogP contribution in [-0.2, 0) is 11.3 Å². The van der Waals surface area contributed by atoms with Gasteiger partial charge in [-0.05, 0) is 24.1 Å². The summed E-state index contributed by atoms with van der Waals surface area (Å²) in [5.74, 6) is 0. The lowest BCUT2D eigenvalue weighted by molar-refractivity contribution is 0.116. The molecule has 0 fully saturated rings. The first kappa shape index (κ1) is 12.4. The first-order chi connectivity index (χ1) is 8.66. The van der Waals surface area contributed by atoms with Crippen LogP contribution in [-0.4, -0.2) is 17.6 Å². The molecule has 0 atom stereocenters. The zero-order valence-electron chi connectivity index (χ0n) is 10.6. The van der Waals surface area contributed by atoms with Crippen molar-refractivity contribution in [1.29, 1.82) is 0 Å². The third-order valence-corrected chi connectivity index (χ3v) is 2.82. The summed E-state index contributed by atoms with van der Waals surface area (Å²) < 4.78 is 5.18. The van der Waals surface area contributed by atoms with E-state index >= 15 is 0 Å². The first-order valence-electron chi connectivity index (χ1n) is 6.00. The molecule has 1 amide bonds. The van der Waals surface area contributed by atoms with Gasteiger partial charge in [0, 0.05) is 12.6 Å². The second kappa shape index (κ2) is 5.54. The summed E-state index contributed by atoms with van der Waals surface area (Å²) >= 11 is 0. The molecule has 3 nitrogen and oxygen atoms in total. The molecule has 0 bridgehead atoms. The number of nitrogens with zero attached hydrogens (tertiary/aromatic N) is 1. The number of benzene rings is 1. The van der Waals surface area contributed by atoms with Crippen LogP contribution < -0.4 is 0 Å². The van der Waals surface area contributed by atoms with E-state index in [9.17, 15) is 4.79 Å². The molecule has 2 rings (SSSR count). The molecule has 0 saturated carbocycles. The topological polar surface area (TPSA) is 29.5 Å². The highest BCUT2D eigenvalue weighted by atomic mass is 16.6. The van der Waals surface area contributed by atoms with Gasteiger partial charge in [-0.15, -0.1) is 6.58 Å². The van der Waals surface area contributed by atoms with Gasteiger partial charge in [-0.2, -0.15) is 0 Å². The molecule has 18 heavy (non-hydrogen) atoms. The Morgan fingerprint density at radius 1 is 1.44 bits per heavy atom. The van der Waals surface area contributed by atoms with E-state index in [0.29, 0.717) is 19.6 Å². The van der Waals surface area contributed by atoms with Gasteiger partial charge in [0.1, 0.15) is 0 Å². The quantitative estimate of drug-likeness (QED) is 0.759. The summed E-state index contributed by atoms with van der Waals surface area (Å²) in [7, 11) is 0. The number of carbonyl (C=O) groups is 1. The highest BCUT2D eigenvalue weighted by Gasteiger charge is 2.17. The smallest absolute Gasteiger partial charge is 0.414 e. The SMILES string of the molecule is C=C(C)CCOC(=O)N1C=Cc2ccccc2C1. The van der Waals surface area contributed by atoms with Gasteiger partial charge in [-0.3, -0.25) is 4.90 Å². The van der Waals surface area contributed by atoms with E-state index < -0.39 is 0 Å². The van der Waals surface area contributed by atoms with Gasteiger partial charge in [0.05, 0.1) is 13.2 Å². The van der Waals surface area contributed by atoms with E-state index in [1.54, 1.807) is 11.1 Å². The maximum Gasteiger partial charge on any atom is 0.414 e. The number of ether oxygens (including phenoxy) is 1. The van der Waals surface area contributed by atoms with E-state index in [0.717, 1.165) is 16.7 Å². The summed E-state index contributed by atoms with van der Waals surface area (Å²) in [4.78, 5) is 13.4. The van der Waals surface area contributed by atoms with Gasteiger partial charge in [0.15, 0.2) is 0 Å². The highest BCUT2D eigenvalue weighted by Crippen LogP contribution is 2.19. The molecule has 1 aliphatic rings. The lowest BCUT2D eigenvalue weighted by Crippen LogP contribution is -2.28. The van der Waals surface area contributed by atoms with Crippen LogP contribution in [0.5, 0.6) is 0 Å². The predicted octanol–water partition coefficient (Wildman–Crippen LogP) is 3.58. The van der Waals surface area contributed by atoms with E-state index in [-0.39, 0.29) is 6.09 Å². The highest BCUT2D eigenvalue weighted by molar-refractivity contribution is 5.72. The molecule has 1 aromatic carbocycles. The molecule has 0 aromatic heterocycles. The Bertz CT molecular complexity index is 491. The maximum atomic E-state index is 11.8. The van der Waals surface area contributed by atoms with Gasteiger partial charge in [-0.25, -0.2) is 4.79 Å². The average Bonchev–Trinajstić information content (AvgIpc) is 2.37. The largest absolute Gasteiger partial charge is 0.449 e. The lowest BCUT2D eigenvalue weighted by atomic mass is 10.1. The van der Waals surface area contributed by atoms with E-state index in [2.05, 4.69) is 6.58 Å². The van der Waals surface area contributed by atoms with E-state index in [1.807, 2.05) is 37.3 Å². The fraction of sp³-hybridized carbons (Fsp3) is 0.267. The summed E-state index contributed by atoms with van der Waals surface area (Å²) in [6.07, 6.45) is 4.10. The minimum absolute atomic E-state index is 0.304. The van der Waals surface area contributed by atoms with Gasteiger partial charge < -0.3 is 4.74 Å². The summed E-state index contributed by atoms with van der Waals surface area (Å²) in [6, 6.07) is 8.02. The van der Waals surface area contributed by atoms with Crippen molar-refractivity contribution in [2.24, 2.45) is 0 Å². The van der Waals surface area contributed by atoms with Crippen LogP contribution in [0.2, 0.25) is 0 Å². The molecule has 1 heterocycles. The minimum atomic E-state index is -0.304. The lowest BCUT2D eigenvalue weighted by Gasteiger charge is -2.22. The number of hydrogen-bond acceptors (Lipinski definition) is 2. The normalized spacial score (nSPS) is 13.1. The third-order valence-electron chi connectivity index (χ3n) is 2.82. The van der Waals surface area contributed by atoms with Crippen LogP contribution in [0.25, 0.3) is 6.08 Å². The second-order valence-electron chi connectivity index (χ2n) is 4.46. The Balaban J connectivity index is 1.93. The fourth-order valence-corrected chi connectivity index (χ4v) is 1.77. The Hall–Kier alpha value is -2.03. The van der Waals surface area contributed by atoms with Crippen molar-refractivity contribution >= 4 is 12.2 Å². The Morgan fingerprint density at radius 3 is 3.00 bits per heavy atom. The molecule has 0 aliphatic carbocycles. The number of hydrogen-bond donors (Lipinski definition) is 0. The molecule has 0 radical (unpaired) electrons. The molecule has 0 saturated heterocycles. The Kier molecular flexibility index (Phi) is 3.82. The van der Waals surface area contributed by atoms with Crippen molar-refractivity contribution in [1.82, 2.24) is 4.90 Å². The standard InChI is InChI=1S/C15H17NO2/c1-12(2)8-10-18-15(17)16-9-7-13-5-3-4-6-14(13)11-16/h3-7,9H,1,8,10-11H2,2H3. The Labute approximate surface area is 107 Å². The number of fused-ring (bicyclic) bond motifs is 1. The van der Waals surface area contributed by atoms with Gasteiger partial charge in [0.25, 0.3) is 0 Å². The molecule has 3 heteroatoms. The molecule has 0 unspecified atom stereocenters. The number of carbonyl (C=O) groups excluding carboxylic acids is 1. The number of rotatable bonds is 3. The van der Waals surface area contributed by atoms with Gasteiger partial charge >= 0.3 is 6.09 Å². The van der Waals surface area contributed by atoms with Crippen LogP contribution in [0.15, 0.2) is 42.6 Å². The van der Waals surface area contributed by atoms with E-state index in [4.69, 9.17) is 4.74 Å². The predicted molar refractivity (Wildman–Crippen MR) is 71.8 cm³/mol. The van der Waals surface area contributed by atoms with Crippen LogP contribution in [0.1, 0.15) is 24.5 Å². The van der Waals surface area contributed by atoms with Crippen molar-refractivity contribution < 1.29 is 9.53 Å². The summed E-state index contributed by atoms with van der Waals surface area (Å²) in [5, 5.41) is 0. The van der Waals surface area contributed by atoms with Crippen LogP contribution in [0.4, 0.5) is 4.79 Å². The molecular formula is C15H17NO2. The molecule has 94 valence electrons. The zero-order chi connectivity index (χ0) is 13.0. The average molecular weight is 243 g/mol. The van der Waals surface area contributed by atoms with Crippen molar-refractivity contribution in [3.05, 3.63) is 53.7 Å².